The largest absolute Gasteiger partial charge is 0.465 e. The number of ketones is 1. The maximum Gasteiger partial charge on any atom is 0.316 e. The molecule has 100 valence electrons. The van der Waals surface area contributed by atoms with Crippen molar-refractivity contribution in [2.45, 2.75) is 53.1 Å². The molecule has 0 aromatic heterocycles. The summed E-state index contributed by atoms with van der Waals surface area (Å²) in [4.78, 5) is 23.0. The molecule has 0 aromatic carbocycles. The molecule has 0 aliphatic carbocycles. The van der Waals surface area contributed by atoms with Gasteiger partial charge in [-0.2, -0.15) is 0 Å². The molecular formula is C13H23FO3. The quantitative estimate of drug-likeness (QED) is 0.488. The average Bonchev–Trinajstić information content (AvgIpc) is 2.30. The van der Waals surface area contributed by atoms with Crippen LogP contribution >= 0.6 is 0 Å². The fourth-order valence-corrected chi connectivity index (χ4v) is 1.29. The van der Waals surface area contributed by atoms with Crippen molar-refractivity contribution in [2.75, 3.05) is 6.61 Å². The molecule has 0 bridgehead atoms. The van der Waals surface area contributed by atoms with E-state index in [2.05, 4.69) is 0 Å². The van der Waals surface area contributed by atoms with Gasteiger partial charge >= 0.3 is 5.97 Å². The topological polar surface area (TPSA) is 43.4 Å². The summed E-state index contributed by atoms with van der Waals surface area (Å²) in [6.45, 7) is 7.40. The maximum atomic E-state index is 13.4. The van der Waals surface area contributed by atoms with Crippen LogP contribution < -0.4 is 0 Å². The van der Waals surface area contributed by atoms with Crippen molar-refractivity contribution < 1.29 is 18.7 Å². The van der Waals surface area contributed by atoms with Gasteiger partial charge in [0.25, 0.3) is 0 Å². The summed E-state index contributed by atoms with van der Waals surface area (Å²) in [7, 11) is 0. The Labute approximate surface area is 103 Å². The van der Waals surface area contributed by atoms with Crippen LogP contribution in [0.2, 0.25) is 0 Å². The molecule has 0 spiro atoms. The fourth-order valence-electron chi connectivity index (χ4n) is 1.29. The normalized spacial score (nSPS) is 14.5. The molecule has 0 fully saturated rings. The lowest BCUT2D eigenvalue weighted by molar-refractivity contribution is -0.153. The van der Waals surface area contributed by atoms with E-state index in [1.54, 1.807) is 0 Å². The summed E-state index contributed by atoms with van der Waals surface area (Å²) in [5, 5.41) is 0. The molecule has 0 amide bonds. The van der Waals surface area contributed by atoms with E-state index in [-0.39, 0.29) is 18.9 Å². The summed E-state index contributed by atoms with van der Waals surface area (Å²) in [5.74, 6) is -2.07. The molecule has 0 aliphatic heterocycles. The van der Waals surface area contributed by atoms with Crippen LogP contribution in [0.4, 0.5) is 4.39 Å². The van der Waals surface area contributed by atoms with E-state index in [9.17, 15) is 14.0 Å². The standard InChI is InChI=1S/C13H23FO3/c1-5-6-7-11(14)12(15)10(4)13(16)17-8-9(2)3/h9-11H,5-8H2,1-4H3. The second-order valence-electron chi connectivity index (χ2n) is 4.76. The second kappa shape index (κ2) is 8.20. The molecule has 4 heteroatoms. The van der Waals surface area contributed by atoms with Crippen LogP contribution in [-0.4, -0.2) is 24.5 Å². The first-order valence-electron chi connectivity index (χ1n) is 6.24. The van der Waals surface area contributed by atoms with Crippen LogP contribution in [0.15, 0.2) is 0 Å². The Morgan fingerprint density at radius 2 is 1.82 bits per heavy atom. The van der Waals surface area contributed by atoms with E-state index in [4.69, 9.17) is 4.74 Å². The number of unbranched alkanes of at least 4 members (excludes halogenated alkanes) is 1. The number of alkyl halides is 1. The number of ether oxygens (including phenoxy) is 1. The number of hydrogen-bond acceptors (Lipinski definition) is 3. The molecule has 0 N–H and O–H groups in total. The van der Waals surface area contributed by atoms with Crippen molar-refractivity contribution in [3.05, 3.63) is 0 Å². The second-order valence-corrected chi connectivity index (χ2v) is 4.76. The minimum Gasteiger partial charge on any atom is -0.465 e. The van der Waals surface area contributed by atoms with Crippen LogP contribution in [0.25, 0.3) is 0 Å². The van der Waals surface area contributed by atoms with Crippen molar-refractivity contribution in [1.29, 1.82) is 0 Å². The summed E-state index contributed by atoms with van der Waals surface area (Å²) >= 11 is 0. The monoisotopic (exact) mass is 246 g/mol. The summed E-state index contributed by atoms with van der Waals surface area (Å²) in [6, 6.07) is 0. The first-order valence-corrected chi connectivity index (χ1v) is 6.24. The third-order valence-electron chi connectivity index (χ3n) is 2.46. The van der Waals surface area contributed by atoms with Crippen LogP contribution in [0.1, 0.15) is 47.0 Å². The molecule has 0 rings (SSSR count). The van der Waals surface area contributed by atoms with Crippen LogP contribution in [0.5, 0.6) is 0 Å². The molecule has 0 aromatic rings. The van der Waals surface area contributed by atoms with Crippen LogP contribution in [0, 0.1) is 11.8 Å². The van der Waals surface area contributed by atoms with Gasteiger partial charge < -0.3 is 4.74 Å². The van der Waals surface area contributed by atoms with Crippen molar-refractivity contribution in [1.82, 2.24) is 0 Å². The Bertz CT molecular complexity index is 251. The highest BCUT2D eigenvalue weighted by Gasteiger charge is 2.29. The zero-order chi connectivity index (χ0) is 13.4. The van der Waals surface area contributed by atoms with Crippen molar-refractivity contribution in [3.8, 4) is 0 Å². The zero-order valence-electron chi connectivity index (χ0n) is 11.2. The molecule has 0 saturated carbocycles. The lowest BCUT2D eigenvalue weighted by Gasteiger charge is -2.14. The van der Waals surface area contributed by atoms with Crippen LogP contribution in [-0.2, 0) is 14.3 Å². The van der Waals surface area contributed by atoms with Gasteiger partial charge in [-0.3, -0.25) is 9.59 Å². The highest BCUT2D eigenvalue weighted by molar-refractivity contribution is 6.00. The first-order chi connectivity index (χ1) is 7.90. The van der Waals surface area contributed by atoms with Gasteiger partial charge in [0, 0.05) is 0 Å². The highest BCUT2D eigenvalue weighted by Crippen LogP contribution is 2.13. The number of hydrogen-bond donors (Lipinski definition) is 0. The highest BCUT2D eigenvalue weighted by atomic mass is 19.1. The van der Waals surface area contributed by atoms with E-state index in [1.807, 2.05) is 20.8 Å². The smallest absolute Gasteiger partial charge is 0.316 e. The average molecular weight is 246 g/mol. The Morgan fingerprint density at radius 3 is 2.29 bits per heavy atom. The van der Waals surface area contributed by atoms with Crippen molar-refractivity contribution in [3.63, 3.8) is 0 Å². The van der Waals surface area contributed by atoms with Gasteiger partial charge in [0.15, 0.2) is 12.0 Å². The van der Waals surface area contributed by atoms with Gasteiger partial charge in [0.2, 0.25) is 0 Å². The Balaban J connectivity index is 4.14. The van der Waals surface area contributed by atoms with E-state index in [0.29, 0.717) is 6.42 Å². The first kappa shape index (κ1) is 16.1. The predicted octanol–water partition coefficient (Wildman–Crippen LogP) is 2.92. The molecule has 0 heterocycles. The predicted molar refractivity (Wildman–Crippen MR) is 64.4 cm³/mol. The summed E-state index contributed by atoms with van der Waals surface area (Å²) in [5.41, 5.74) is 0. The molecular weight excluding hydrogens is 223 g/mol. The molecule has 2 atom stereocenters. The van der Waals surface area contributed by atoms with Crippen molar-refractivity contribution in [2.24, 2.45) is 11.8 Å². The third-order valence-corrected chi connectivity index (χ3v) is 2.46. The van der Waals surface area contributed by atoms with Gasteiger partial charge in [-0.25, -0.2) is 4.39 Å². The van der Waals surface area contributed by atoms with Gasteiger partial charge in [-0.1, -0.05) is 33.6 Å². The molecule has 2 unspecified atom stereocenters. The molecule has 17 heavy (non-hydrogen) atoms. The van der Waals surface area contributed by atoms with E-state index in [0.717, 1.165) is 6.42 Å². The Morgan fingerprint density at radius 1 is 1.24 bits per heavy atom. The minimum atomic E-state index is -1.54. The van der Waals surface area contributed by atoms with Gasteiger partial charge in [-0.15, -0.1) is 0 Å². The number of halogens is 1. The lowest BCUT2D eigenvalue weighted by atomic mass is 9.99. The number of Topliss-reactive ketones (excluding diaryl/α,β-unsaturated/α-hetero) is 1. The van der Waals surface area contributed by atoms with Crippen LogP contribution in [0.3, 0.4) is 0 Å². The fraction of sp³-hybridized carbons (Fsp3) is 0.846. The number of rotatable bonds is 8. The number of carbonyl (C=O) groups is 2. The SMILES string of the molecule is CCCCC(F)C(=O)C(C)C(=O)OCC(C)C. The Hall–Kier alpha value is -0.930. The summed E-state index contributed by atoms with van der Waals surface area (Å²) < 4.78 is 18.4. The van der Waals surface area contributed by atoms with Crippen molar-refractivity contribution >= 4 is 11.8 Å². The zero-order valence-corrected chi connectivity index (χ0v) is 11.2. The van der Waals surface area contributed by atoms with Gasteiger partial charge in [0.1, 0.15) is 5.92 Å². The lowest BCUT2D eigenvalue weighted by Crippen LogP contribution is -2.30. The van der Waals surface area contributed by atoms with Gasteiger partial charge in [0.05, 0.1) is 6.61 Å². The molecule has 0 radical (unpaired) electrons. The summed E-state index contributed by atoms with van der Waals surface area (Å²) in [6.07, 6.45) is 0.133. The molecule has 3 nitrogen and oxygen atoms in total. The third kappa shape index (κ3) is 6.39. The molecule has 0 aliphatic rings. The maximum absolute atomic E-state index is 13.4. The van der Waals surface area contributed by atoms with Gasteiger partial charge in [-0.05, 0) is 19.3 Å². The van der Waals surface area contributed by atoms with E-state index >= 15 is 0 Å². The molecule has 0 saturated heterocycles. The van der Waals surface area contributed by atoms with E-state index in [1.165, 1.54) is 6.92 Å². The number of carbonyl (C=O) groups excluding carboxylic acids is 2. The number of esters is 1. The van der Waals surface area contributed by atoms with E-state index < -0.39 is 23.8 Å². The minimum absolute atomic E-state index is 0.192. The Kier molecular flexibility index (Phi) is 7.75.